The predicted octanol–water partition coefficient (Wildman–Crippen LogP) is 4.57. The van der Waals surface area contributed by atoms with E-state index >= 15 is 0 Å². The maximum atomic E-state index is 2.29. The Labute approximate surface area is 87.7 Å². The fraction of sp³-hybridized carbons (Fsp3) is 0.429. The first-order chi connectivity index (χ1) is 7.00. The summed E-state index contributed by atoms with van der Waals surface area (Å²) >= 11 is 0. The minimum absolute atomic E-state index is 1.10. The van der Waals surface area contributed by atoms with E-state index in [9.17, 15) is 0 Å². The highest BCUT2D eigenvalue weighted by atomic mass is 13.9. The van der Waals surface area contributed by atoms with Gasteiger partial charge in [-0.05, 0) is 38.5 Å². The van der Waals surface area contributed by atoms with Crippen LogP contribution in [0.5, 0.6) is 0 Å². The second-order valence-electron chi connectivity index (χ2n) is 3.54. The molecule has 0 aromatic heterocycles. The van der Waals surface area contributed by atoms with Crippen molar-refractivity contribution < 1.29 is 0 Å². The van der Waals surface area contributed by atoms with Crippen LogP contribution in [-0.4, -0.2) is 0 Å². The van der Waals surface area contributed by atoms with Crippen molar-refractivity contribution in [2.75, 3.05) is 0 Å². The van der Waals surface area contributed by atoms with Gasteiger partial charge in [-0.3, -0.25) is 0 Å². The highest BCUT2D eigenvalue weighted by Gasteiger charge is 1.81. The van der Waals surface area contributed by atoms with E-state index in [0.717, 1.165) is 19.3 Å². The molecule has 0 aromatic rings. The fourth-order valence-electron chi connectivity index (χ4n) is 1.40. The van der Waals surface area contributed by atoms with Crippen molar-refractivity contribution in [1.82, 2.24) is 0 Å². The van der Waals surface area contributed by atoms with Crippen molar-refractivity contribution in [2.45, 2.75) is 38.5 Å². The van der Waals surface area contributed by atoms with Gasteiger partial charge in [-0.2, -0.15) is 0 Å². The lowest BCUT2D eigenvalue weighted by Gasteiger charge is -1.91. The van der Waals surface area contributed by atoms with Gasteiger partial charge in [-0.25, -0.2) is 0 Å². The number of hydrogen-bond donors (Lipinski definition) is 0. The number of hydrogen-bond acceptors (Lipinski definition) is 0. The Bertz CT molecular complexity index is 228. The van der Waals surface area contributed by atoms with Gasteiger partial charge in [0, 0.05) is 0 Å². The molecule has 0 unspecified atom stereocenters. The molecule has 14 heavy (non-hydrogen) atoms. The van der Waals surface area contributed by atoms with Crippen LogP contribution in [0, 0.1) is 0 Å². The summed E-state index contributed by atoms with van der Waals surface area (Å²) in [6.45, 7) is 0. The Morgan fingerprint density at radius 1 is 0.500 bits per heavy atom. The van der Waals surface area contributed by atoms with Gasteiger partial charge in [-0.15, -0.1) is 0 Å². The minimum Gasteiger partial charge on any atom is -0.0882 e. The molecular formula is C14H20. The van der Waals surface area contributed by atoms with Gasteiger partial charge >= 0.3 is 0 Å². The topological polar surface area (TPSA) is 0 Å². The minimum atomic E-state index is 1.10. The highest BCUT2D eigenvalue weighted by Crippen LogP contribution is 2.01. The quantitative estimate of drug-likeness (QED) is 0.489. The van der Waals surface area contributed by atoms with Crippen LogP contribution in [-0.2, 0) is 0 Å². The Morgan fingerprint density at radius 2 is 1.07 bits per heavy atom. The second kappa shape index (κ2) is 8.55. The monoisotopic (exact) mass is 188 g/mol. The smallest absolute Gasteiger partial charge is 0.0169 e. The molecule has 0 aromatic carbocycles. The lowest BCUT2D eigenvalue weighted by Crippen LogP contribution is -1.70. The molecule has 0 atom stereocenters. The maximum absolute atomic E-state index is 2.29. The zero-order valence-corrected chi connectivity index (χ0v) is 8.86. The number of allylic oxidation sites excluding steroid dienone is 8. The second-order valence-corrected chi connectivity index (χ2v) is 3.54. The summed E-state index contributed by atoms with van der Waals surface area (Å²) in [5, 5.41) is 0. The SMILES string of the molecule is C1=CCC/C=C/C=C\CCC/C=C/C1. The van der Waals surface area contributed by atoms with Gasteiger partial charge < -0.3 is 0 Å². The van der Waals surface area contributed by atoms with Crippen LogP contribution in [0.25, 0.3) is 0 Å². The maximum Gasteiger partial charge on any atom is -0.0169 e. The van der Waals surface area contributed by atoms with Crippen LogP contribution in [0.15, 0.2) is 48.6 Å². The van der Waals surface area contributed by atoms with Crippen molar-refractivity contribution >= 4 is 0 Å². The van der Waals surface area contributed by atoms with E-state index in [2.05, 4.69) is 48.6 Å². The van der Waals surface area contributed by atoms with E-state index in [1.165, 1.54) is 19.3 Å². The van der Waals surface area contributed by atoms with Crippen LogP contribution >= 0.6 is 0 Å². The molecule has 0 aliphatic heterocycles. The van der Waals surface area contributed by atoms with Gasteiger partial charge in [0.25, 0.3) is 0 Å². The summed E-state index contributed by atoms with van der Waals surface area (Å²) in [6.07, 6.45) is 25.0. The standard InChI is InChI=1S/C14H20/c1-2-4-6-8-10-12-14-13-11-9-7-5-3-1/h1-4,9,11-12,14H,5-8,10,13H2/b3-1+,4-2-,11-9?,14-12+. The predicted molar refractivity (Wildman–Crippen MR) is 64.3 cm³/mol. The summed E-state index contributed by atoms with van der Waals surface area (Å²) in [4.78, 5) is 0. The highest BCUT2D eigenvalue weighted by molar-refractivity contribution is 5.03. The Hall–Kier alpha value is -1.04. The van der Waals surface area contributed by atoms with Crippen LogP contribution < -0.4 is 0 Å². The molecule has 0 saturated carbocycles. The third-order valence-corrected chi connectivity index (χ3v) is 2.23. The first kappa shape index (κ1) is 11.0. The van der Waals surface area contributed by atoms with E-state index in [1.807, 2.05) is 0 Å². The molecular weight excluding hydrogens is 168 g/mol. The molecule has 0 fully saturated rings. The Morgan fingerprint density at radius 3 is 1.93 bits per heavy atom. The molecule has 0 heterocycles. The van der Waals surface area contributed by atoms with Crippen molar-refractivity contribution in [3.8, 4) is 0 Å². The van der Waals surface area contributed by atoms with E-state index in [1.54, 1.807) is 0 Å². The molecule has 0 saturated heterocycles. The van der Waals surface area contributed by atoms with E-state index in [-0.39, 0.29) is 0 Å². The lowest BCUT2D eigenvalue weighted by molar-refractivity contribution is 0.865. The largest absolute Gasteiger partial charge is 0.0882 e. The van der Waals surface area contributed by atoms with Gasteiger partial charge in [0.1, 0.15) is 0 Å². The summed E-state index contributed by atoms with van der Waals surface area (Å²) in [7, 11) is 0. The molecule has 0 spiro atoms. The fourth-order valence-corrected chi connectivity index (χ4v) is 1.40. The normalized spacial score (nSPS) is 26.3. The van der Waals surface area contributed by atoms with Crippen molar-refractivity contribution in [3.63, 3.8) is 0 Å². The van der Waals surface area contributed by atoms with Gasteiger partial charge in [-0.1, -0.05) is 48.6 Å². The van der Waals surface area contributed by atoms with Crippen molar-refractivity contribution in [1.29, 1.82) is 0 Å². The molecule has 0 N–H and O–H groups in total. The van der Waals surface area contributed by atoms with E-state index in [0.29, 0.717) is 0 Å². The van der Waals surface area contributed by atoms with Crippen LogP contribution in [0.1, 0.15) is 38.5 Å². The zero-order chi connectivity index (χ0) is 9.90. The summed E-state index contributed by atoms with van der Waals surface area (Å²) in [5.41, 5.74) is 0. The molecule has 76 valence electrons. The molecule has 0 nitrogen and oxygen atoms in total. The summed E-state index contributed by atoms with van der Waals surface area (Å²) in [5.74, 6) is 0. The Balaban J connectivity index is 2.34. The molecule has 0 amide bonds. The average molecular weight is 188 g/mol. The van der Waals surface area contributed by atoms with E-state index < -0.39 is 0 Å². The molecule has 1 rings (SSSR count). The van der Waals surface area contributed by atoms with Gasteiger partial charge in [0.15, 0.2) is 0 Å². The first-order valence-corrected chi connectivity index (χ1v) is 5.62. The third-order valence-electron chi connectivity index (χ3n) is 2.23. The summed E-state index contributed by atoms with van der Waals surface area (Å²) in [6, 6.07) is 0. The van der Waals surface area contributed by atoms with Crippen LogP contribution in [0.4, 0.5) is 0 Å². The van der Waals surface area contributed by atoms with Gasteiger partial charge in [0.05, 0.1) is 0 Å². The molecule has 0 bridgehead atoms. The molecule has 1 aliphatic rings. The van der Waals surface area contributed by atoms with Gasteiger partial charge in [0.2, 0.25) is 0 Å². The van der Waals surface area contributed by atoms with E-state index in [4.69, 9.17) is 0 Å². The van der Waals surface area contributed by atoms with Crippen LogP contribution in [0.2, 0.25) is 0 Å². The van der Waals surface area contributed by atoms with Crippen molar-refractivity contribution in [3.05, 3.63) is 48.6 Å². The third kappa shape index (κ3) is 6.47. The molecule has 0 heteroatoms. The molecule has 0 radical (unpaired) electrons. The zero-order valence-electron chi connectivity index (χ0n) is 8.86. The van der Waals surface area contributed by atoms with Crippen LogP contribution in [0.3, 0.4) is 0 Å². The average Bonchev–Trinajstić information content (AvgIpc) is 2.22. The summed E-state index contributed by atoms with van der Waals surface area (Å²) < 4.78 is 0. The van der Waals surface area contributed by atoms with Crippen molar-refractivity contribution in [2.24, 2.45) is 0 Å². The molecule has 1 aliphatic carbocycles. The number of rotatable bonds is 0. The Kier molecular flexibility index (Phi) is 6.74. The first-order valence-electron chi connectivity index (χ1n) is 5.62. The lowest BCUT2D eigenvalue weighted by atomic mass is 10.2.